The van der Waals surface area contributed by atoms with E-state index in [1.54, 1.807) is 13.0 Å². The summed E-state index contributed by atoms with van der Waals surface area (Å²) in [5, 5.41) is 3.70. The number of carbonyl (C=O) groups is 2. The maximum Gasteiger partial charge on any atom is 0.336 e. The van der Waals surface area contributed by atoms with E-state index in [0.29, 0.717) is 47.3 Å². The lowest BCUT2D eigenvalue weighted by atomic mass is 10.1. The van der Waals surface area contributed by atoms with Gasteiger partial charge in [-0.3, -0.25) is 9.79 Å². The van der Waals surface area contributed by atoms with Gasteiger partial charge in [-0.05, 0) is 62.3 Å². The second-order valence-electron chi connectivity index (χ2n) is 9.41. The van der Waals surface area contributed by atoms with Crippen LogP contribution in [0.2, 0.25) is 0 Å². The maximum atomic E-state index is 12.1. The molecule has 194 valence electrons. The van der Waals surface area contributed by atoms with Gasteiger partial charge >= 0.3 is 5.97 Å². The summed E-state index contributed by atoms with van der Waals surface area (Å²) in [6, 6.07) is 8.00. The SMILES string of the molecule is CCOC(=O)C1=CC(Nc2nc(Sc3ccc(CC(=O)C4CC4)cc3)nc(N3CCN(C)CC3)n2)=NC1. The Balaban J connectivity index is 1.33. The van der Waals surface area contributed by atoms with Crippen LogP contribution in [0.15, 0.2) is 51.0 Å². The van der Waals surface area contributed by atoms with Crippen LogP contribution in [0, 0.1) is 5.92 Å². The fraction of sp³-hybridized carbons (Fsp3) is 0.462. The predicted octanol–water partition coefficient (Wildman–Crippen LogP) is 2.61. The van der Waals surface area contributed by atoms with Gasteiger partial charge in [0.25, 0.3) is 0 Å². The number of hydrogen-bond acceptors (Lipinski definition) is 11. The van der Waals surface area contributed by atoms with Gasteiger partial charge in [0.15, 0.2) is 5.16 Å². The highest BCUT2D eigenvalue weighted by Gasteiger charge is 2.29. The molecule has 2 aliphatic heterocycles. The molecule has 3 aliphatic rings. The quantitative estimate of drug-likeness (QED) is 0.494. The molecule has 37 heavy (non-hydrogen) atoms. The zero-order valence-electron chi connectivity index (χ0n) is 21.1. The number of rotatable bonds is 9. The first kappa shape index (κ1) is 25.3. The maximum absolute atomic E-state index is 12.1. The lowest BCUT2D eigenvalue weighted by Gasteiger charge is -2.32. The smallest absolute Gasteiger partial charge is 0.336 e. The molecule has 10 nitrogen and oxygen atoms in total. The molecule has 1 saturated heterocycles. The minimum absolute atomic E-state index is 0.259. The molecule has 5 rings (SSSR count). The molecule has 1 saturated carbocycles. The van der Waals surface area contributed by atoms with Gasteiger partial charge in [0.1, 0.15) is 11.6 Å². The number of esters is 1. The molecule has 0 atom stereocenters. The molecule has 0 unspecified atom stereocenters. The van der Waals surface area contributed by atoms with Gasteiger partial charge in [-0.15, -0.1) is 0 Å². The van der Waals surface area contributed by atoms with Gasteiger partial charge in [-0.1, -0.05) is 12.1 Å². The molecular formula is C26H31N7O3S. The van der Waals surface area contributed by atoms with Crippen molar-refractivity contribution in [3.05, 3.63) is 41.5 Å². The van der Waals surface area contributed by atoms with Crippen LogP contribution in [0.3, 0.4) is 0 Å². The van der Waals surface area contributed by atoms with Gasteiger partial charge in [-0.2, -0.15) is 15.0 Å². The molecule has 2 fully saturated rings. The van der Waals surface area contributed by atoms with E-state index in [0.717, 1.165) is 49.5 Å². The molecule has 1 aromatic heterocycles. The van der Waals surface area contributed by atoms with E-state index in [-0.39, 0.29) is 18.4 Å². The zero-order valence-corrected chi connectivity index (χ0v) is 22.0. The Morgan fingerprint density at radius 3 is 2.54 bits per heavy atom. The van der Waals surface area contributed by atoms with Gasteiger partial charge in [-0.25, -0.2) is 4.79 Å². The van der Waals surface area contributed by atoms with E-state index in [9.17, 15) is 9.59 Å². The van der Waals surface area contributed by atoms with Crippen molar-refractivity contribution in [1.82, 2.24) is 19.9 Å². The molecule has 3 heterocycles. The third-order valence-corrected chi connectivity index (χ3v) is 7.31. The van der Waals surface area contributed by atoms with Gasteiger partial charge in [0.2, 0.25) is 11.9 Å². The molecule has 2 aromatic rings. The summed E-state index contributed by atoms with van der Waals surface area (Å²) in [7, 11) is 2.10. The summed E-state index contributed by atoms with van der Waals surface area (Å²) in [5.74, 6) is 1.73. The molecule has 1 N–H and O–H groups in total. The highest BCUT2D eigenvalue weighted by atomic mass is 32.2. The van der Waals surface area contributed by atoms with Crippen molar-refractivity contribution in [3.63, 3.8) is 0 Å². The first-order valence-electron chi connectivity index (χ1n) is 12.6. The number of nitrogens with one attached hydrogen (secondary N) is 1. The standard InChI is InChI=1S/C26H31N7O3S/c1-3-36-23(35)19-15-22(27-16-19)28-24-29-25(33-12-10-32(2)11-13-33)31-26(30-24)37-20-8-4-17(5-9-20)14-21(34)18-6-7-18/h4-5,8-9,15,18H,3,6-7,10-14,16H2,1-2H3,(H,27,28,29,30,31). The Kier molecular flexibility index (Phi) is 7.80. The molecular weight excluding hydrogens is 490 g/mol. The average Bonchev–Trinajstić information content (AvgIpc) is 3.65. The number of Topliss-reactive ketones (excluding diaryl/α,β-unsaturated/α-hetero) is 1. The van der Waals surface area contributed by atoms with Crippen molar-refractivity contribution < 1.29 is 14.3 Å². The van der Waals surface area contributed by atoms with E-state index in [1.807, 2.05) is 24.3 Å². The molecule has 11 heteroatoms. The highest BCUT2D eigenvalue weighted by Crippen LogP contribution is 2.32. The van der Waals surface area contributed by atoms with Gasteiger partial charge in [0, 0.05) is 43.4 Å². The Labute approximate surface area is 220 Å². The van der Waals surface area contributed by atoms with Gasteiger partial charge in [0.05, 0.1) is 18.7 Å². The van der Waals surface area contributed by atoms with Crippen LogP contribution in [-0.2, 0) is 20.7 Å². The molecule has 0 amide bonds. The lowest BCUT2D eigenvalue weighted by molar-refractivity contribution is -0.138. The molecule has 0 radical (unpaired) electrons. The van der Waals surface area contributed by atoms with Crippen molar-refractivity contribution >= 4 is 41.2 Å². The zero-order chi connectivity index (χ0) is 25.8. The topological polar surface area (TPSA) is 113 Å². The van der Waals surface area contributed by atoms with E-state index < -0.39 is 0 Å². The van der Waals surface area contributed by atoms with Crippen molar-refractivity contribution in [2.45, 2.75) is 36.2 Å². The van der Waals surface area contributed by atoms with Crippen LogP contribution in [0.1, 0.15) is 25.3 Å². The second kappa shape index (κ2) is 11.4. The number of nitrogens with zero attached hydrogens (tertiary/aromatic N) is 6. The summed E-state index contributed by atoms with van der Waals surface area (Å²) in [4.78, 5) is 48.0. The largest absolute Gasteiger partial charge is 0.463 e. The number of carbonyl (C=O) groups excluding carboxylic acids is 2. The number of amidine groups is 1. The summed E-state index contributed by atoms with van der Waals surface area (Å²) < 4.78 is 5.08. The van der Waals surface area contributed by atoms with Crippen molar-refractivity contribution in [3.8, 4) is 0 Å². The summed E-state index contributed by atoms with van der Waals surface area (Å²) >= 11 is 1.44. The Bertz CT molecular complexity index is 1220. The van der Waals surface area contributed by atoms with Gasteiger partial charge < -0.3 is 19.9 Å². The molecule has 0 spiro atoms. The fourth-order valence-electron chi connectivity index (χ4n) is 4.09. The molecule has 1 aliphatic carbocycles. The number of aromatic nitrogens is 3. The van der Waals surface area contributed by atoms with E-state index >= 15 is 0 Å². The summed E-state index contributed by atoms with van der Waals surface area (Å²) in [5.41, 5.74) is 1.52. The Morgan fingerprint density at radius 2 is 1.84 bits per heavy atom. The van der Waals surface area contributed by atoms with Crippen LogP contribution < -0.4 is 10.2 Å². The van der Waals surface area contributed by atoms with Crippen LogP contribution in [0.4, 0.5) is 11.9 Å². The third kappa shape index (κ3) is 6.72. The number of aliphatic imine (C=N–C) groups is 1. The second-order valence-corrected chi connectivity index (χ2v) is 10.5. The van der Waals surface area contributed by atoms with Crippen LogP contribution in [0.5, 0.6) is 0 Å². The van der Waals surface area contributed by atoms with E-state index in [2.05, 4.69) is 37.1 Å². The molecule has 0 bridgehead atoms. The average molecular weight is 522 g/mol. The predicted molar refractivity (Wildman–Crippen MR) is 142 cm³/mol. The van der Waals surface area contributed by atoms with E-state index in [1.165, 1.54) is 11.8 Å². The van der Waals surface area contributed by atoms with Crippen molar-refractivity contribution in [1.29, 1.82) is 0 Å². The Hall–Kier alpha value is -3.31. The number of benzene rings is 1. The first-order valence-corrected chi connectivity index (χ1v) is 13.5. The minimum Gasteiger partial charge on any atom is -0.463 e. The fourth-order valence-corrected chi connectivity index (χ4v) is 4.83. The van der Waals surface area contributed by atoms with E-state index in [4.69, 9.17) is 9.72 Å². The summed E-state index contributed by atoms with van der Waals surface area (Å²) in [6.45, 7) is 5.85. The third-order valence-electron chi connectivity index (χ3n) is 6.44. The van der Waals surface area contributed by atoms with Crippen molar-refractivity contribution in [2.75, 3.05) is 56.6 Å². The lowest BCUT2D eigenvalue weighted by Crippen LogP contribution is -2.45. The number of ketones is 1. The minimum atomic E-state index is -0.365. The normalized spacial score (nSPS) is 17.8. The van der Waals surface area contributed by atoms with Crippen LogP contribution in [0.25, 0.3) is 0 Å². The number of hydrogen-bond donors (Lipinski definition) is 1. The Morgan fingerprint density at radius 1 is 1.08 bits per heavy atom. The van der Waals surface area contributed by atoms with Crippen molar-refractivity contribution in [2.24, 2.45) is 10.9 Å². The summed E-state index contributed by atoms with van der Waals surface area (Å²) in [6.07, 6.45) is 4.23. The monoisotopic (exact) mass is 521 g/mol. The number of likely N-dealkylation sites (N-methyl/N-ethyl adjacent to an activating group) is 1. The highest BCUT2D eigenvalue weighted by molar-refractivity contribution is 7.99. The van der Waals surface area contributed by atoms with Crippen LogP contribution >= 0.6 is 11.8 Å². The van der Waals surface area contributed by atoms with Crippen LogP contribution in [-0.4, -0.2) is 83.8 Å². The number of piperazine rings is 1. The number of anilines is 2. The first-order chi connectivity index (χ1) is 18.0. The molecule has 1 aromatic carbocycles. The number of ether oxygens (including phenoxy) is 1.